The number of ether oxygens (including phenoxy) is 1. The minimum Gasteiger partial charge on any atom is -0.492 e. The molecular weight excluding hydrogens is 290 g/mol. The van der Waals surface area contributed by atoms with E-state index in [0.717, 1.165) is 29.2 Å². The van der Waals surface area contributed by atoms with Crippen LogP contribution in [-0.4, -0.2) is 13.7 Å². The van der Waals surface area contributed by atoms with Gasteiger partial charge in [-0.2, -0.15) is 0 Å². The van der Waals surface area contributed by atoms with Gasteiger partial charge in [-0.3, -0.25) is 0 Å². The third-order valence-electron chi connectivity index (χ3n) is 3.43. The standard InChI is InChI=1S/C15H22BrNO/c1-3-8-18-15-7-6-12(10-13(15)16)14(17-2)9-11-4-5-11/h6-7,10-11,14,17H,3-5,8-9H2,1-2H3. The molecule has 0 aliphatic heterocycles. The minimum absolute atomic E-state index is 0.467. The third-order valence-corrected chi connectivity index (χ3v) is 4.05. The maximum Gasteiger partial charge on any atom is 0.133 e. The Bertz CT molecular complexity index is 390. The van der Waals surface area contributed by atoms with Crippen molar-refractivity contribution in [3.63, 3.8) is 0 Å². The van der Waals surface area contributed by atoms with Crippen molar-refractivity contribution in [2.24, 2.45) is 5.92 Å². The molecule has 0 heterocycles. The molecular formula is C15H22BrNO. The van der Waals surface area contributed by atoms with Gasteiger partial charge in [0.05, 0.1) is 11.1 Å². The van der Waals surface area contributed by atoms with Crippen molar-refractivity contribution >= 4 is 15.9 Å². The van der Waals surface area contributed by atoms with Gasteiger partial charge >= 0.3 is 0 Å². The van der Waals surface area contributed by atoms with Gasteiger partial charge in [0.2, 0.25) is 0 Å². The predicted octanol–water partition coefficient (Wildman–Crippen LogP) is 4.30. The summed E-state index contributed by atoms with van der Waals surface area (Å²) in [5, 5.41) is 3.42. The van der Waals surface area contributed by atoms with E-state index >= 15 is 0 Å². The highest BCUT2D eigenvalue weighted by molar-refractivity contribution is 9.10. The van der Waals surface area contributed by atoms with Gasteiger partial charge in [-0.15, -0.1) is 0 Å². The van der Waals surface area contributed by atoms with Crippen LogP contribution >= 0.6 is 15.9 Å². The fraction of sp³-hybridized carbons (Fsp3) is 0.600. The zero-order valence-electron chi connectivity index (χ0n) is 11.2. The highest BCUT2D eigenvalue weighted by Gasteiger charge is 2.25. The first-order valence-corrected chi connectivity index (χ1v) is 7.63. The van der Waals surface area contributed by atoms with Gasteiger partial charge in [0.15, 0.2) is 0 Å². The zero-order chi connectivity index (χ0) is 13.0. The molecule has 0 spiro atoms. The number of rotatable bonds is 7. The van der Waals surface area contributed by atoms with E-state index in [-0.39, 0.29) is 0 Å². The summed E-state index contributed by atoms with van der Waals surface area (Å²) < 4.78 is 6.74. The Morgan fingerprint density at radius 3 is 2.78 bits per heavy atom. The normalized spacial score (nSPS) is 16.6. The molecule has 2 rings (SSSR count). The van der Waals surface area contributed by atoms with Crippen LogP contribution in [0.25, 0.3) is 0 Å². The summed E-state index contributed by atoms with van der Waals surface area (Å²) >= 11 is 3.60. The number of hydrogen-bond donors (Lipinski definition) is 1. The average molecular weight is 312 g/mol. The summed E-state index contributed by atoms with van der Waals surface area (Å²) in [6.07, 6.45) is 5.08. The van der Waals surface area contributed by atoms with Gasteiger partial charge in [0.1, 0.15) is 5.75 Å². The molecule has 1 aromatic rings. The molecule has 0 bridgehead atoms. The van der Waals surface area contributed by atoms with Crippen molar-refractivity contribution in [2.45, 2.75) is 38.6 Å². The second-order valence-electron chi connectivity index (χ2n) is 5.06. The van der Waals surface area contributed by atoms with Crippen LogP contribution in [0.1, 0.15) is 44.2 Å². The van der Waals surface area contributed by atoms with E-state index < -0.39 is 0 Å². The third kappa shape index (κ3) is 3.72. The summed E-state index contributed by atoms with van der Waals surface area (Å²) in [6, 6.07) is 6.91. The van der Waals surface area contributed by atoms with E-state index in [1.807, 2.05) is 7.05 Å². The Labute approximate surface area is 118 Å². The number of halogens is 1. The monoisotopic (exact) mass is 311 g/mol. The zero-order valence-corrected chi connectivity index (χ0v) is 12.8. The van der Waals surface area contributed by atoms with E-state index in [9.17, 15) is 0 Å². The molecule has 1 unspecified atom stereocenters. The van der Waals surface area contributed by atoms with Gasteiger partial charge in [0.25, 0.3) is 0 Å². The minimum atomic E-state index is 0.467. The fourth-order valence-corrected chi connectivity index (χ4v) is 2.68. The summed E-state index contributed by atoms with van der Waals surface area (Å²) in [5.41, 5.74) is 1.35. The Hall–Kier alpha value is -0.540. The summed E-state index contributed by atoms with van der Waals surface area (Å²) in [7, 11) is 2.04. The van der Waals surface area contributed by atoms with Gasteiger partial charge < -0.3 is 10.1 Å². The largest absolute Gasteiger partial charge is 0.492 e. The van der Waals surface area contributed by atoms with Crippen LogP contribution in [0.15, 0.2) is 22.7 Å². The topological polar surface area (TPSA) is 21.3 Å². The summed E-state index contributed by atoms with van der Waals surface area (Å²) in [4.78, 5) is 0. The van der Waals surface area contributed by atoms with Crippen molar-refractivity contribution in [1.29, 1.82) is 0 Å². The van der Waals surface area contributed by atoms with Gasteiger partial charge in [-0.1, -0.05) is 25.8 Å². The molecule has 100 valence electrons. The molecule has 0 aromatic heterocycles. The van der Waals surface area contributed by atoms with Crippen LogP contribution in [-0.2, 0) is 0 Å². The first kappa shape index (κ1) is 13.9. The molecule has 2 nitrogen and oxygen atoms in total. The Morgan fingerprint density at radius 1 is 1.44 bits per heavy atom. The van der Waals surface area contributed by atoms with E-state index in [0.29, 0.717) is 6.04 Å². The first-order valence-electron chi connectivity index (χ1n) is 6.84. The maximum atomic E-state index is 5.68. The SMILES string of the molecule is CCCOc1ccc(C(CC2CC2)NC)cc1Br. The van der Waals surface area contributed by atoms with Gasteiger partial charge in [-0.25, -0.2) is 0 Å². The van der Waals surface area contributed by atoms with Crippen LogP contribution in [0, 0.1) is 5.92 Å². The second kappa shape index (κ2) is 6.58. The lowest BCUT2D eigenvalue weighted by atomic mass is 10.0. The lowest BCUT2D eigenvalue weighted by molar-refractivity contribution is 0.315. The average Bonchev–Trinajstić information content (AvgIpc) is 3.18. The van der Waals surface area contributed by atoms with Crippen LogP contribution < -0.4 is 10.1 Å². The number of nitrogens with one attached hydrogen (secondary N) is 1. The molecule has 1 N–H and O–H groups in total. The fourth-order valence-electron chi connectivity index (χ4n) is 2.17. The Balaban J connectivity index is 2.05. The molecule has 1 aliphatic carbocycles. The molecule has 1 aliphatic rings. The molecule has 3 heteroatoms. The first-order chi connectivity index (χ1) is 8.74. The van der Waals surface area contributed by atoms with Crippen LogP contribution in [0.5, 0.6) is 5.75 Å². The van der Waals surface area contributed by atoms with Crippen LogP contribution in [0.4, 0.5) is 0 Å². The van der Waals surface area contributed by atoms with Crippen molar-refractivity contribution in [1.82, 2.24) is 5.32 Å². The van der Waals surface area contributed by atoms with Gasteiger partial charge in [-0.05, 0) is 59.4 Å². The Morgan fingerprint density at radius 2 is 2.22 bits per heavy atom. The quantitative estimate of drug-likeness (QED) is 0.810. The predicted molar refractivity (Wildman–Crippen MR) is 79.1 cm³/mol. The maximum absolute atomic E-state index is 5.68. The molecule has 0 amide bonds. The lowest BCUT2D eigenvalue weighted by Crippen LogP contribution is -2.17. The van der Waals surface area contributed by atoms with Crippen LogP contribution in [0.2, 0.25) is 0 Å². The van der Waals surface area contributed by atoms with Crippen LogP contribution in [0.3, 0.4) is 0 Å². The second-order valence-corrected chi connectivity index (χ2v) is 5.91. The smallest absolute Gasteiger partial charge is 0.133 e. The number of benzene rings is 1. The molecule has 18 heavy (non-hydrogen) atoms. The van der Waals surface area contributed by atoms with Crippen molar-refractivity contribution < 1.29 is 4.74 Å². The summed E-state index contributed by atoms with van der Waals surface area (Å²) in [5.74, 6) is 1.87. The molecule has 1 saturated carbocycles. The molecule has 1 fully saturated rings. The van der Waals surface area contributed by atoms with E-state index in [2.05, 4.69) is 46.4 Å². The highest BCUT2D eigenvalue weighted by atomic mass is 79.9. The van der Waals surface area contributed by atoms with Crippen molar-refractivity contribution in [2.75, 3.05) is 13.7 Å². The highest BCUT2D eigenvalue weighted by Crippen LogP contribution is 2.38. The van der Waals surface area contributed by atoms with Gasteiger partial charge in [0, 0.05) is 6.04 Å². The van der Waals surface area contributed by atoms with Crippen molar-refractivity contribution in [3.05, 3.63) is 28.2 Å². The van der Waals surface area contributed by atoms with E-state index in [4.69, 9.17) is 4.74 Å². The Kier molecular flexibility index (Phi) is 5.07. The molecule has 1 aromatic carbocycles. The molecule has 1 atom stereocenters. The van der Waals surface area contributed by atoms with E-state index in [1.54, 1.807) is 0 Å². The molecule has 0 radical (unpaired) electrons. The van der Waals surface area contributed by atoms with E-state index in [1.165, 1.54) is 24.8 Å². The molecule has 0 saturated heterocycles. The summed E-state index contributed by atoms with van der Waals surface area (Å²) in [6.45, 7) is 2.89. The van der Waals surface area contributed by atoms with Crippen molar-refractivity contribution in [3.8, 4) is 5.75 Å². The number of hydrogen-bond acceptors (Lipinski definition) is 2. The lowest BCUT2D eigenvalue weighted by Gasteiger charge is -2.17.